The second-order valence-corrected chi connectivity index (χ2v) is 8.49. The molecule has 0 radical (unpaired) electrons. The zero-order valence-corrected chi connectivity index (χ0v) is 16.4. The first-order chi connectivity index (χ1) is 12.4. The molecule has 3 heterocycles. The Bertz CT molecular complexity index is 843. The number of hydrogen-bond donors (Lipinski definition) is 0. The van der Waals surface area contributed by atoms with E-state index in [0.717, 1.165) is 16.3 Å². The van der Waals surface area contributed by atoms with Gasteiger partial charge in [0.05, 0.1) is 18.4 Å². The summed E-state index contributed by atoms with van der Waals surface area (Å²) in [7, 11) is 0. The number of carbonyl (C=O) groups excluding carboxylic acids is 1. The summed E-state index contributed by atoms with van der Waals surface area (Å²) in [5, 5.41) is 0. The summed E-state index contributed by atoms with van der Waals surface area (Å²) >= 11 is 4.89. The molecule has 1 aliphatic carbocycles. The van der Waals surface area contributed by atoms with E-state index in [9.17, 15) is 13.6 Å². The number of nitrogens with zero attached hydrogens (tertiary/aromatic N) is 2. The van der Waals surface area contributed by atoms with Crippen molar-refractivity contribution in [2.24, 2.45) is 11.8 Å². The molecule has 0 N–H and O–H groups in total. The molecule has 2 aliphatic rings. The molecule has 2 aromatic rings. The van der Waals surface area contributed by atoms with Gasteiger partial charge < -0.3 is 9.64 Å². The molecule has 8 heteroatoms. The third-order valence-corrected chi connectivity index (χ3v) is 6.69. The molecule has 2 atom stereocenters. The lowest BCUT2D eigenvalue weighted by atomic mass is 10.2. The monoisotopic (exact) mass is 442 g/mol. The van der Waals surface area contributed by atoms with E-state index in [-0.39, 0.29) is 5.97 Å². The molecular weight excluding hydrogens is 426 g/mol. The predicted octanol–water partition coefficient (Wildman–Crippen LogP) is 4.37. The summed E-state index contributed by atoms with van der Waals surface area (Å²) in [5.74, 6) is -3.10. The maximum atomic E-state index is 13.3. The summed E-state index contributed by atoms with van der Waals surface area (Å²) in [5.41, 5.74) is 0.987. The van der Waals surface area contributed by atoms with Crippen molar-refractivity contribution in [2.75, 3.05) is 24.6 Å². The van der Waals surface area contributed by atoms with Crippen LogP contribution in [0, 0.1) is 11.8 Å². The number of ether oxygens (including phenoxy) is 1. The maximum Gasteiger partial charge on any atom is 0.348 e. The molecule has 4 rings (SSSR count). The number of fused-ring (bicyclic) bond motifs is 1. The number of hydrogen-bond acceptors (Lipinski definition) is 5. The van der Waals surface area contributed by atoms with Gasteiger partial charge in [-0.05, 0) is 46.6 Å². The second kappa shape index (κ2) is 6.56. The van der Waals surface area contributed by atoms with Gasteiger partial charge in [-0.15, -0.1) is 11.3 Å². The third-order valence-electron chi connectivity index (χ3n) is 4.94. The van der Waals surface area contributed by atoms with Gasteiger partial charge in [0, 0.05) is 24.4 Å². The highest BCUT2D eigenvalue weighted by Gasteiger charge is 2.71. The smallest absolute Gasteiger partial charge is 0.348 e. The van der Waals surface area contributed by atoms with E-state index in [2.05, 4.69) is 20.9 Å². The van der Waals surface area contributed by atoms with Gasteiger partial charge in [-0.2, -0.15) is 0 Å². The first-order valence-electron chi connectivity index (χ1n) is 8.44. The number of piperidine rings is 1. The minimum absolute atomic E-state index is 0.305. The van der Waals surface area contributed by atoms with Crippen molar-refractivity contribution in [3.63, 3.8) is 0 Å². The first-order valence-corrected chi connectivity index (χ1v) is 10.0. The zero-order chi connectivity index (χ0) is 18.5. The molecule has 1 saturated carbocycles. The van der Waals surface area contributed by atoms with E-state index in [1.165, 1.54) is 11.3 Å². The number of aromatic nitrogens is 1. The number of halogens is 3. The van der Waals surface area contributed by atoms with Gasteiger partial charge in [0.25, 0.3) is 5.92 Å². The predicted molar refractivity (Wildman–Crippen MR) is 99.2 cm³/mol. The quantitative estimate of drug-likeness (QED) is 0.509. The minimum Gasteiger partial charge on any atom is -0.462 e. The van der Waals surface area contributed by atoms with Crippen LogP contribution in [0.2, 0.25) is 0 Å². The lowest BCUT2D eigenvalue weighted by Gasteiger charge is -2.21. The molecule has 1 aliphatic heterocycles. The Morgan fingerprint density at radius 1 is 1.35 bits per heavy atom. The van der Waals surface area contributed by atoms with Crippen LogP contribution in [0.3, 0.4) is 0 Å². The summed E-state index contributed by atoms with van der Waals surface area (Å²) in [6, 6.07) is 7.51. The van der Waals surface area contributed by atoms with Gasteiger partial charge in [-0.1, -0.05) is 6.07 Å². The Labute approximate surface area is 162 Å². The summed E-state index contributed by atoms with van der Waals surface area (Å²) in [6.45, 7) is 2.86. The van der Waals surface area contributed by atoms with E-state index < -0.39 is 17.8 Å². The van der Waals surface area contributed by atoms with Crippen LogP contribution in [0.1, 0.15) is 27.0 Å². The fourth-order valence-corrected chi connectivity index (χ4v) is 4.81. The number of alkyl halides is 2. The summed E-state index contributed by atoms with van der Waals surface area (Å²) in [6.07, 6.45) is 0.640. The van der Waals surface area contributed by atoms with Crippen LogP contribution in [-0.4, -0.2) is 36.6 Å². The van der Waals surface area contributed by atoms with Crippen LogP contribution in [0.5, 0.6) is 0 Å². The highest BCUT2D eigenvalue weighted by atomic mass is 79.9. The SMILES string of the molecule is CCOC(=O)c1ccc(Cc2ccc(N3CC4C(C3)C4(F)F)nc2Br)s1. The van der Waals surface area contributed by atoms with Crippen molar-refractivity contribution >= 4 is 39.1 Å². The van der Waals surface area contributed by atoms with Crippen molar-refractivity contribution in [1.82, 2.24) is 4.98 Å². The van der Waals surface area contributed by atoms with E-state index in [1.807, 2.05) is 23.1 Å². The first kappa shape index (κ1) is 17.9. The average molecular weight is 443 g/mol. The molecule has 0 amide bonds. The summed E-state index contributed by atoms with van der Waals surface area (Å²) < 4.78 is 32.4. The number of pyridine rings is 1. The van der Waals surface area contributed by atoms with Gasteiger partial charge in [0.15, 0.2) is 0 Å². The van der Waals surface area contributed by atoms with E-state index in [1.54, 1.807) is 13.0 Å². The van der Waals surface area contributed by atoms with Gasteiger partial charge in [-0.25, -0.2) is 18.6 Å². The molecule has 0 aromatic carbocycles. The van der Waals surface area contributed by atoms with Crippen molar-refractivity contribution < 1.29 is 18.3 Å². The fourth-order valence-electron chi connectivity index (χ4n) is 3.43. The zero-order valence-electron chi connectivity index (χ0n) is 14.0. The van der Waals surface area contributed by atoms with Crippen molar-refractivity contribution in [2.45, 2.75) is 19.3 Å². The van der Waals surface area contributed by atoms with Crippen LogP contribution in [0.25, 0.3) is 0 Å². The van der Waals surface area contributed by atoms with Crippen LogP contribution in [0.4, 0.5) is 14.6 Å². The Balaban J connectivity index is 1.43. The van der Waals surface area contributed by atoms with Crippen LogP contribution in [0.15, 0.2) is 28.9 Å². The number of carbonyl (C=O) groups is 1. The molecule has 4 nitrogen and oxygen atoms in total. The van der Waals surface area contributed by atoms with Gasteiger partial charge in [0.1, 0.15) is 15.3 Å². The molecule has 1 saturated heterocycles. The van der Waals surface area contributed by atoms with Crippen LogP contribution in [-0.2, 0) is 11.2 Å². The standard InChI is InChI=1S/C18H17BrF2N2O2S/c1-2-25-17(24)14-5-4-11(26-14)7-10-3-6-15(22-16(10)19)23-8-12-13(9-23)18(12,20)21/h3-6,12-13H,2,7-9H2,1H3. The molecule has 0 spiro atoms. The number of anilines is 1. The molecular formula is C18H17BrF2N2O2S. The molecule has 2 aromatic heterocycles. The van der Waals surface area contributed by atoms with E-state index in [0.29, 0.717) is 35.6 Å². The highest BCUT2D eigenvalue weighted by Crippen LogP contribution is 2.59. The fraction of sp³-hybridized carbons (Fsp3) is 0.444. The minimum atomic E-state index is -2.48. The Hall–Kier alpha value is -1.54. The number of thiophene rings is 1. The molecule has 26 heavy (non-hydrogen) atoms. The largest absolute Gasteiger partial charge is 0.462 e. The maximum absolute atomic E-state index is 13.3. The molecule has 2 fully saturated rings. The third kappa shape index (κ3) is 3.13. The summed E-state index contributed by atoms with van der Waals surface area (Å²) in [4.78, 5) is 19.8. The van der Waals surface area contributed by atoms with Crippen LogP contribution < -0.4 is 4.90 Å². The Morgan fingerprint density at radius 3 is 2.73 bits per heavy atom. The topological polar surface area (TPSA) is 42.4 Å². The van der Waals surface area contributed by atoms with E-state index in [4.69, 9.17) is 4.74 Å². The van der Waals surface area contributed by atoms with Crippen molar-refractivity contribution in [1.29, 1.82) is 0 Å². The van der Waals surface area contributed by atoms with Gasteiger partial charge in [0.2, 0.25) is 0 Å². The highest BCUT2D eigenvalue weighted by molar-refractivity contribution is 9.10. The average Bonchev–Trinajstić information content (AvgIpc) is 3.05. The molecule has 0 bridgehead atoms. The lowest BCUT2D eigenvalue weighted by molar-refractivity contribution is 0.0532. The van der Waals surface area contributed by atoms with Crippen LogP contribution >= 0.6 is 27.3 Å². The lowest BCUT2D eigenvalue weighted by Crippen LogP contribution is -2.28. The van der Waals surface area contributed by atoms with Gasteiger partial charge >= 0.3 is 5.97 Å². The van der Waals surface area contributed by atoms with Crippen molar-refractivity contribution in [3.8, 4) is 0 Å². The molecule has 138 valence electrons. The number of rotatable bonds is 5. The molecule has 2 unspecified atom stereocenters. The van der Waals surface area contributed by atoms with Crippen molar-refractivity contribution in [3.05, 3.63) is 44.2 Å². The van der Waals surface area contributed by atoms with Gasteiger partial charge in [-0.3, -0.25) is 0 Å². The Morgan fingerprint density at radius 2 is 2.08 bits per heavy atom. The second-order valence-electron chi connectivity index (χ2n) is 6.58. The van der Waals surface area contributed by atoms with E-state index >= 15 is 0 Å². The normalized spacial score (nSPS) is 23.0. The number of esters is 1. The Kier molecular flexibility index (Phi) is 4.51.